The van der Waals surface area contributed by atoms with Crippen LogP contribution in [0.15, 0.2) is 48.5 Å². The lowest BCUT2D eigenvalue weighted by molar-refractivity contribution is -0.117. The van der Waals surface area contributed by atoms with E-state index in [2.05, 4.69) is 0 Å². The van der Waals surface area contributed by atoms with E-state index in [-0.39, 0.29) is 24.8 Å². The molecule has 0 aliphatic heterocycles. The number of anilines is 1. The van der Waals surface area contributed by atoms with Crippen LogP contribution in [0.4, 0.5) is 10.1 Å². The molecule has 0 atom stereocenters. The minimum absolute atomic E-state index is 0.109. The van der Waals surface area contributed by atoms with Crippen LogP contribution in [0.5, 0.6) is 0 Å². The zero-order valence-corrected chi connectivity index (χ0v) is 11.3. The first-order valence-corrected chi connectivity index (χ1v) is 6.42. The van der Waals surface area contributed by atoms with Gasteiger partial charge in [-0.25, -0.2) is 4.39 Å². The quantitative estimate of drug-likeness (QED) is 0.930. The van der Waals surface area contributed by atoms with Crippen molar-refractivity contribution >= 4 is 11.6 Å². The molecule has 2 aromatic carbocycles. The molecule has 0 saturated heterocycles. The van der Waals surface area contributed by atoms with Gasteiger partial charge in [0.25, 0.3) is 0 Å². The number of carbonyl (C=O) groups excluding carboxylic acids is 1. The van der Waals surface area contributed by atoms with Gasteiger partial charge in [-0.05, 0) is 30.7 Å². The van der Waals surface area contributed by atoms with E-state index in [1.807, 2.05) is 31.2 Å². The second kappa shape index (κ2) is 6.30. The van der Waals surface area contributed by atoms with E-state index in [1.165, 1.54) is 11.0 Å². The molecule has 104 valence electrons. The molecule has 3 nitrogen and oxygen atoms in total. The fourth-order valence-electron chi connectivity index (χ4n) is 2.03. The molecule has 0 bridgehead atoms. The number of halogens is 1. The highest BCUT2D eigenvalue weighted by atomic mass is 19.1. The predicted octanol–water partition coefficient (Wildman–Crippen LogP) is 2.63. The first-order valence-electron chi connectivity index (χ1n) is 6.42. The summed E-state index contributed by atoms with van der Waals surface area (Å²) in [5.41, 5.74) is 7.68. The number of hydrogen-bond acceptors (Lipinski definition) is 2. The van der Waals surface area contributed by atoms with Crippen LogP contribution in [-0.2, 0) is 11.3 Å². The number of carbonyl (C=O) groups is 1. The summed E-state index contributed by atoms with van der Waals surface area (Å²) in [6, 6.07) is 13.9. The van der Waals surface area contributed by atoms with Crippen LogP contribution in [0.3, 0.4) is 0 Å². The number of benzene rings is 2. The zero-order valence-electron chi connectivity index (χ0n) is 11.3. The highest BCUT2D eigenvalue weighted by Crippen LogP contribution is 2.20. The predicted molar refractivity (Wildman–Crippen MR) is 77.8 cm³/mol. The van der Waals surface area contributed by atoms with Gasteiger partial charge in [-0.3, -0.25) is 4.79 Å². The topological polar surface area (TPSA) is 46.3 Å². The minimum Gasteiger partial charge on any atom is -0.322 e. The van der Waals surface area contributed by atoms with Crippen molar-refractivity contribution < 1.29 is 9.18 Å². The third-order valence-corrected chi connectivity index (χ3v) is 3.08. The molecule has 0 spiro atoms. The van der Waals surface area contributed by atoms with E-state index >= 15 is 0 Å². The highest BCUT2D eigenvalue weighted by molar-refractivity contribution is 5.94. The Bertz CT molecular complexity index is 613. The average molecular weight is 272 g/mol. The molecule has 0 unspecified atom stereocenters. The molecule has 1 amide bonds. The standard InChI is InChI=1S/C16H17FN2O/c1-12-5-4-7-14(9-12)19(16(20)10-18)11-13-6-2-3-8-15(13)17/h2-9H,10-11,18H2,1H3. The van der Waals surface area contributed by atoms with Gasteiger partial charge >= 0.3 is 0 Å². The molecule has 2 rings (SSSR count). The molecule has 0 heterocycles. The van der Waals surface area contributed by atoms with Gasteiger partial charge in [-0.1, -0.05) is 30.3 Å². The molecule has 20 heavy (non-hydrogen) atoms. The molecule has 0 aromatic heterocycles. The maximum absolute atomic E-state index is 13.7. The number of hydrogen-bond donors (Lipinski definition) is 1. The van der Waals surface area contributed by atoms with Crippen molar-refractivity contribution in [3.63, 3.8) is 0 Å². The summed E-state index contributed by atoms with van der Waals surface area (Å²) < 4.78 is 13.7. The van der Waals surface area contributed by atoms with Crippen molar-refractivity contribution in [1.29, 1.82) is 0 Å². The summed E-state index contributed by atoms with van der Waals surface area (Å²) in [4.78, 5) is 13.5. The van der Waals surface area contributed by atoms with Crippen molar-refractivity contribution in [2.24, 2.45) is 5.73 Å². The fraction of sp³-hybridized carbons (Fsp3) is 0.188. The van der Waals surface area contributed by atoms with Crippen LogP contribution in [0.25, 0.3) is 0 Å². The van der Waals surface area contributed by atoms with Gasteiger partial charge in [0.2, 0.25) is 5.91 Å². The van der Waals surface area contributed by atoms with Crippen molar-refractivity contribution in [3.8, 4) is 0 Å². The van der Waals surface area contributed by atoms with Crippen LogP contribution in [0, 0.1) is 12.7 Å². The van der Waals surface area contributed by atoms with Gasteiger partial charge in [0.05, 0.1) is 13.1 Å². The second-order valence-corrected chi connectivity index (χ2v) is 4.61. The minimum atomic E-state index is -0.324. The van der Waals surface area contributed by atoms with Crippen molar-refractivity contribution in [1.82, 2.24) is 0 Å². The Hall–Kier alpha value is -2.20. The third kappa shape index (κ3) is 3.22. The molecule has 4 heteroatoms. The van der Waals surface area contributed by atoms with E-state index in [4.69, 9.17) is 5.73 Å². The molecular formula is C16H17FN2O. The van der Waals surface area contributed by atoms with Gasteiger partial charge < -0.3 is 10.6 Å². The molecule has 0 aliphatic carbocycles. The summed E-state index contributed by atoms with van der Waals surface area (Å²) >= 11 is 0. The number of amides is 1. The van der Waals surface area contributed by atoms with Crippen molar-refractivity contribution in [3.05, 3.63) is 65.5 Å². The lowest BCUT2D eigenvalue weighted by Crippen LogP contribution is -2.35. The molecule has 2 N–H and O–H groups in total. The SMILES string of the molecule is Cc1cccc(N(Cc2ccccc2F)C(=O)CN)c1. The highest BCUT2D eigenvalue weighted by Gasteiger charge is 2.16. The van der Waals surface area contributed by atoms with Gasteiger partial charge in [-0.2, -0.15) is 0 Å². The Balaban J connectivity index is 2.34. The molecule has 0 aliphatic rings. The zero-order chi connectivity index (χ0) is 14.5. The lowest BCUT2D eigenvalue weighted by Gasteiger charge is -2.23. The summed E-state index contributed by atoms with van der Waals surface area (Å²) in [5, 5.41) is 0. The Morgan fingerprint density at radius 1 is 1.20 bits per heavy atom. The van der Waals surface area contributed by atoms with E-state index < -0.39 is 0 Å². The fourth-order valence-corrected chi connectivity index (χ4v) is 2.03. The lowest BCUT2D eigenvalue weighted by atomic mass is 10.1. The largest absolute Gasteiger partial charge is 0.322 e. The normalized spacial score (nSPS) is 10.3. The summed E-state index contributed by atoms with van der Waals surface area (Å²) in [6.45, 7) is 2.01. The van der Waals surface area contributed by atoms with Crippen molar-refractivity contribution in [2.45, 2.75) is 13.5 Å². The first kappa shape index (κ1) is 14.2. The van der Waals surface area contributed by atoms with E-state index in [0.717, 1.165) is 11.3 Å². The monoisotopic (exact) mass is 272 g/mol. The van der Waals surface area contributed by atoms with Crippen LogP contribution >= 0.6 is 0 Å². The van der Waals surface area contributed by atoms with E-state index in [0.29, 0.717) is 5.56 Å². The number of nitrogens with zero attached hydrogens (tertiary/aromatic N) is 1. The van der Waals surface area contributed by atoms with Crippen LogP contribution in [0.1, 0.15) is 11.1 Å². The Morgan fingerprint density at radius 3 is 2.60 bits per heavy atom. The molecule has 0 radical (unpaired) electrons. The number of nitrogens with two attached hydrogens (primary N) is 1. The summed E-state index contributed by atoms with van der Waals surface area (Å²) in [7, 11) is 0. The molecule has 0 saturated carbocycles. The van der Waals surface area contributed by atoms with E-state index in [1.54, 1.807) is 18.2 Å². The summed E-state index contributed by atoms with van der Waals surface area (Å²) in [5.74, 6) is -0.561. The van der Waals surface area contributed by atoms with Crippen LogP contribution < -0.4 is 10.6 Å². The number of aryl methyl sites for hydroxylation is 1. The van der Waals surface area contributed by atoms with Crippen LogP contribution in [-0.4, -0.2) is 12.5 Å². The molecule has 0 fully saturated rings. The maximum Gasteiger partial charge on any atom is 0.241 e. The van der Waals surface area contributed by atoms with E-state index in [9.17, 15) is 9.18 Å². The smallest absolute Gasteiger partial charge is 0.241 e. The average Bonchev–Trinajstić information content (AvgIpc) is 2.45. The second-order valence-electron chi connectivity index (χ2n) is 4.61. The maximum atomic E-state index is 13.7. The van der Waals surface area contributed by atoms with Gasteiger partial charge in [0.1, 0.15) is 5.82 Å². The number of rotatable bonds is 4. The third-order valence-electron chi connectivity index (χ3n) is 3.08. The van der Waals surface area contributed by atoms with Crippen LogP contribution in [0.2, 0.25) is 0 Å². The van der Waals surface area contributed by atoms with Gasteiger partial charge in [0.15, 0.2) is 0 Å². The Kier molecular flexibility index (Phi) is 4.48. The Morgan fingerprint density at radius 2 is 1.95 bits per heavy atom. The first-order chi connectivity index (χ1) is 9.61. The molecular weight excluding hydrogens is 255 g/mol. The van der Waals surface area contributed by atoms with Crippen molar-refractivity contribution in [2.75, 3.05) is 11.4 Å². The summed E-state index contributed by atoms with van der Waals surface area (Å²) in [6.07, 6.45) is 0. The van der Waals surface area contributed by atoms with Gasteiger partial charge in [0, 0.05) is 11.3 Å². The molecule has 2 aromatic rings. The Labute approximate surface area is 117 Å². The van der Waals surface area contributed by atoms with Gasteiger partial charge in [-0.15, -0.1) is 0 Å².